The third-order valence-corrected chi connectivity index (χ3v) is 3.58. The molecule has 0 aliphatic heterocycles. The van der Waals surface area contributed by atoms with E-state index in [1.807, 2.05) is 6.92 Å². The van der Waals surface area contributed by atoms with Gasteiger partial charge >= 0.3 is 0 Å². The second-order valence-electron chi connectivity index (χ2n) is 4.91. The van der Waals surface area contributed by atoms with Gasteiger partial charge in [0.1, 0.15) is 0 Å². The van der Waals surface area contributed by atoms with Gasteiger partial charge in [-0.3, -0.25) is 9.59 Å². The summed E-state index contributed by atoms with van der Waals surface area (Å²) in [5.41, 5.74) is 1.20. The summed E-state index contributed by atoms with van der Waals surface area (Å²) in [4.78, 5) is 25.0. The van der Waals surface area contributed by atoms with Gasteiger partial charge in [-0.2, -0.15) is 0 Å². The van der Waals surface area contributed by atoms with Crippen LogP contribution in [-0.4, -0.2) is 28.9 Å². The zero-order valence-corrected chi connectivity index (χ0v) is 11.4. The summed E-state index contributed by atoms with van der Waals surface area (Å²) in [5, 5.41) is 19.9. The van der Waals surface area contributed by atoms with Crippen molar-refractivity contribution in [2.24, 2.45) is 0 Å². The van der Waals surface area contributed by atoms with Crippen LogP contribution in [0.15, 0.2) is 24.3 Å². The monoisotopic (exact) mass is 284 g/mol. The summed E-state index contributed by atoms with van der Waals surface area (Å²) >= 11 is 0. The van der Waals surface area contributed by atoms with E-state index in [1.54, 1.807) is 18.2 Å². The number of aromatic hydroxyl groups is 2. The lowest BCUT2D eigenvalue weighted by atomic mass is 9.82. The Morgan fingerprint density at radius 3 is 2.33 bits per heavy atom. The van der Waals surface area contributed by atoms with Crippen LogP contribution >= 0.6 is 0 Å². The Morgan fingerprint density at radius 1 is 0.952 bits per heavy atom. The lowest BCUT2D eigenvalue weighted by Crippen LogP contribution is -2.21. The highest BCUT2D eigenvalue weighted by molar-refractivity contribution is 6.29. The van der Waals surface area contributed by atoms with Crippen LogP contribution in [0.2, 0.25) is 0 Å². The average Bonchev–Trinajstić information content (AvgIpc) is 2.44. The predicted molar refractivity (Wildman–Crippen MR) is 74.4 cm³/mol. The van der Waals surface area contributed by atoms with Crippen molar-refractivity contribution in [3.63, 3.8) is 0 Å². The molecule has 0 bridgehead atoms. The van der Waals surface area contributed by atoms with Gasteiger partial charge in [0.15, 0.2) is 23.1 Å². The molecule has 0 fully saturated rings. The fourth-order valence-electron chi connectivity index (χ4n) is 2.57. The molecule has 1 aliphatic rings. The number of carbonyl (C=O) groups excluding carboxylic acids is 2. The number of methoxy groups -OCH3 is 1. The molecule has 2 N–H and O–H groups in total. The van der Waals surface area contributed by atoms with E-state index in [1.165, 1.54) is 7.11 Å². The number of hydrogen-bond acceptors (Lipinski definition) is 5. The first kappa shape index (κ1) is 13.2. The van der Waals surface area contributed by atoms with Gasteiger partial charge in [0.2, 0.25) is 5.75 Å². The standard InChI is InChI=1S/C16H12O5/c1-7-3-4-8-9(5-7)14(19)12-10(13(8)18)6-11(17)16(21-2)15(12)20/h3-6,17,20H,1-2H3. The van der Waals surface area contributed by atoms with Gasteiger partial charge in [0, 0.05) is 16.7 Å². The highest BCUT2D eigenvalue weighted by atomic mass is 16.5. The maximum atomic E-state index is 12.6. The van der Waals surface area contributed by atoms with Gasteiger partial charge in [0.05, 0.1) is 12.7 Å². The number of ether oxygens (including phenoxy) is 1. The van der Waals surface area contributed by atoms with E-state index in [-0.39, 0.29) is 33.8 Å². The quantitative estimate of drug-likeness (QED) is 0.715. The van der Waals surface area contributed by atoms with E-state index in [0.717, 1.165) is 11.6 Å². The number of carbonyl (C=O) groups is 2. The Balaban J connectivity index is 2.36. The van der Waals surface area contributed by atoms with Gasteiger partial charge in [-0.05, 0) is 19.1 Å². The van der Waals surface area contributed by atoms with Crippen LogP contribution in [0.25, 0.3) is 0 Å². The Hall–Kier alpha value is -2.82. The van der Waals surface area contributed by atoms with Crippen LogP contribution < -0.4 is 4.74 Å². The van der Waals surface area contributed by atoms with Crippen molar-refractivity contribution in [1.29, 1.82) is 0 Å². The number of ketones is 2. The lowest BCUT2D eigenvalue weighted by molar-refractivity contribution is 0.0975. The molecule has 0 amide bonds. The number of fused-ring (bicyclic) bond motifs is 2. The van der Waals surface area contributed by atoms with Crippen LogP contribution in [0.4, 0.5) is 0 Å². The van der Waals surface area contributed by atoms with E-state index >= 15 is 0 Å². The Bertz CT molecular complexity index is 805. The van der Waals surface area contributed by atoms with Crippen molar-refractivity contribution >= 4 is 11.6 Å². The maximum absolute atomic E-state index is 12.6. The molecule has 0 heterocycles. The first-order chi connectivity index (χ1) is 9.95. The smallest absolute Gasteiger partial charge is 0.203 e. The van der Waals surface area contributed by atoms with Gasteiger partial charge < -0.3 is 14.9 Å². The number of phenolic OH excluding ortho intramolecular Hbond substituents is 2. The van der Waals surface area contributed by atoms with Crippen molar-refractivity contribution in [3.05, 3.63) is 52.1 Å². The molecule has 0 saturated carbocycles. The SMILES string of the molecule is COc1c(O)cc2c(c1O)C(=O)c1cc(C)ccc1C2=O. The van der Waals surface area contributed by atoms with Gasteiger partial charge in [-0.1, -0.05) is 17.7 Å². The topological polar surface area (TPSA) is 83.8 Å². The first-order valence-electron chi connectivity index (χ1n) is 6.28. The molecule has 1 aliphatic carbocycles. The third kappa shape index (κ3) is 1.71. The number of aryl methyl sites for hydroxylation is 1. The van der Waals surface area contributed by atoms with Gasteiger partial charge in [-0.25, -0.2) is 0 Å². The molecule has 2 aromatic rings. The maximum Gasteiger partial charge on any atom is 0.203 e. The van der Waals surface area contributed by atoms with Crippen LogP contribution in [0.5, 0.6) is 17.2 Å². The molecule has 0 aromatic heterocycles. The molecule has 0 radical (unpaired) electrons. The van der Waals surface area contributed by atoms with Crippen molar-refractivity contribution in [1.82, 2.24) is 0 Å². The highest BCUT2D eigenvalue weighted by Crippen LogP contribution is 2.44. The molecule has 5 heteroatoms. The predicted octanol–water partition coefficient (Wildman–Crippen LogP) is 2.19. The van der Waals surface area contributed by atoms with Crippen molar-refractivity contribution in [2.45, 2.75) is 6.92 Å². The summed E-state index contributed by atoms with van der Waals surface area (Å²) in [6.07, 6.45) is 0. The highest BCUT2D eigenvalue weighted by Gasteiger charge is 2.34. The molecule has 21 heavy (non-hydrogen) atoms. The summed E-state index contributed by atoms with van der Waals surface area (Å²) in [6.45, 7) is 1.81. The van der Waals surface area contributed by atoms with Crippen LogP contribution in [0, 0.1) is 6.92 Å². The molecule has 3 rings (SSSR count). The number of benzene rings is 2. The van der Waals surface area contributed by atoms with Crippen molar-refractivity contribution in [2.75, 3.05) is 7.11 Å². The fraction of sp³-hybridized carbons (Fsp3) is 0.125. The second-order valence-corrected chi connectivity index (χ2v) is 4.91. The fourth-order valence-corrected chi connectivity index (χ4v) is 2.57. The summed E-state index contributed by atoms with van der Waals surface area (Å²) < 4.78 is 4.87. The molecule has 0 spiro atoms. The molecule has 0 unspecified atom stereocenters. The number of hydrogen-bond donors (Lipinski definition) is 2. The van der Waals surface area contributed by atoms with Crippen LogP contribution in [0.1, 0.15) is 37.4 Å². The van der Waals surface area contributed by atoms with E-state index in [2.05, 4.69) is 0 Å². The molecular formula is C16H12O5. The Morgan fingerprint density at radius 2 is 1.67 bits per heavy atom. The van der Waals surface area contributed by atoms with Gasteiger partial charge in [0.25, 0.3) is 0 Å². The van der Waals surface area contributed by atoms with Crippen molar-refractivity contribution in [3.8, 4) is 17.2 Å². The molecule has 2 aromatic carbocycles. The molecule has 106 valence electrons. The second kappa shape index (κ2) is 4.34. The Kier molecular flexibility index (Phi) is 2.73. The zero-order chi connectivity index (χ0) is 15.3. The minimum Gasteiger partial charge on any atom is -0.504 e. The lowest BCUT2D eigenvalue weighted by Gasteiger charge is -2.20. The third-order valence-electron chi connectivity index (χ3n) is 3.58. The largest absolute Gasteiger partial charge is 0.504 e. The van der Waals surface area contributed by atoms with Crippen LogP contribution in [0.3, 0.4) is 0 Å². The summed E-state index contributed by atoms with van der Waals surface area (Å²) in [6, 6.07) is 6.07. The number of phenols is 2. The Labute approximate surface area is 120 Å². The average molecular weight is 284 g/mol. The van der Waals surface area contributed by atoms with E-state index in [0.29, 0.717) is 0 Å². The van der Waals surface area contributed by atoms with E-state index in [9.17, 15) is 19.8 Å². The zero-order valence-electron chi connectivity index (χ0n) is 11.4. The summed E-state index contributed by atoms with van der Waals surface area (Å²) in [5.74, 6) is -1.98. The van der Waals surface area contributed by atoms with E-state index < -0.39 is 17.3 Å². The molecule has 0 atom stereocenters. The van der Waals surface area contributed by atoms with Gasteiger partial charge in [-0.15, -0.1) is 0 Å². The molecule has 0 saturated heterocycles. The molecule has 5 nitrogen and oxygen atoms in total. The normalized spacial score (nSPS) is 12.9. The minimum absolute atomic E-state index is 0.0212. The number of rotatable bonds is 1. The summed E-state index contributed by atoms with van der Waals surface area (Å²) in [7, 11) is 1.26. The first-order valence-corrected chi connectivity index (χ1v) is 6.28. The van der Waals surface area contributed by atoms with E-state index in [4.69, 9.17) is 4.74 Å². The van der Waals surface area contributed by atoms with Crippen LogP contribution in [-0.2, 0) is 0 Å². The molecular weight excluding hydrogens is 272 g/mol. The van der Waals surface area contributed by atoms with Crippen molar-refractivity contribution < 1.29 is 24.5 Å². The minimum atomic E-state index is -0.516.